The van der Waals surface area contributed by atoms with Crippen molar-refractivity contribution in [2.24, 2.45) is 5.92 Å². The van der Waals surface area contributed by atoms with E-state index in [1.165, 1.54) is 0 Å². The minimum Gasteiger partial charge on any atom is -0.339 e. The van der Waals surface area contributed by atoms with Crippen molar-refractivity contribution in [2.45, 2.75) is 19.3 Å². The molecule has 95 valence electrons. The molecule has 1 radical (unpaired) electrons. The highest BCUT2D eigenvalue weighted by Gasteiger charge is 2.19. The van der Waals surface area contributed by atoms with Gasteiger partial charge >= 0.3 is 0 Å². The monoisotopic (exact) mass is 242 g/mol. The van der Waals surface area contributed by atoms with Gasteiger partial charge in [-0.1, -0.05) is 43.7 Å². The molecule has 0 N–H and O–H groups in total. The van der Waals surface area contributed by atoms with Gasteiger partial charge in [0, 0.05) is 19.2 Å². The fourth-order valence-corrected chi connectivity index (χ4v) is 2.28. The van der Waals surface area contributed by atoms with Crippen molar-refractivity contribution in [1.29, 1.82) is 0 Å². The van der Waals surface area contributed by atoms with Gasteiger partial charge in [-0.15, -0.1) is 0 Å². The molecule has 1 aliphatic rings. The van der Waals surface area contributed by atoms with Gasteiger partial charge < -0.3 is 4.90 Å². The van der Waals surface area contributed by atoms with Gasteiger partial charge in [0.2, 0.25) is 5.91 Å². The van der Waals surface area contributed by atoms with Crippen molar-refractivity contribution in [2.75, 3.05) is 13.1 Å². The van der Waals surface area contributed by atoms with Gasteiger partial charge in [0.1, 0.15) is 0 Å². The van der Waals surface area contributed by atoms with Crippen LogP contribution in [0.25, 0.3) is 6.08 Å². The highest BCUT2D eigenvalue weighted by atomic mass is 16.2. The van der Waals surface area contributed by atoms with Crippen molar-refractivity contribution in [3.8, 4) is 0 Å². The number of piperidine rings is 1. The van der Waals surface area contributed by atoms with Crippen LogP contribution in [-0.4, -0.2) is 23.9 Å². The Labute approximate surface area is 109 Å². The van der Waals surface area contributed by atoms with E-state index >= 15 is 0 Å². The molecular weight excluding hydrogens is 222 g/mol. The normalized spacial score (nSPS) is 17.3. The average molecular weight is 242 g/mol. The molecule has 0 unspecified atom stereocenters. The van der Waals surface area contributed by atoms with Crippen LogP contribution in [0.15, 0.2) is 36.4 Å². The number of carbonyl (C=O) groups is 1. The summed E-state index contributed by atoms with van der Waals surface area (Å²) in [6, 6.07) is 9.92. The van der Waals surface area contributed by atoms with Crippen LogP contribution < -0.4 is 0 Å². The number of benzene rings is 1. The molecular formula is C16H20NO. The number of likely N-dealkylation sites (tertiary alicyclic amines) is 1. The van der Waals surface area contributed by atoms with Crippen LogP contribution in [0, 0.1) is 12.8 Å². The maximum atomic E-state index is 12.0. The summed E-state index contributed by atoms with van der Waals surface area (Å²) < 4.78 is 0. The molecule has 1 amide bonds. The van der Waals surface area contributed by atoms with Gasteiger partial charge in [-0.25, -0.2) is 0 Å². The molecule has 18 heavy (non-hydrogen) atoms. The third kappa shape index (κ3) is 3.46. The highest BCUT2D eigenvalue weighted by Crippen LogP contribution is 2.19. The molecule has 2 heteroatoms. The lowest BCUT2D eigenvalue weighted by atomic mass is 9.94. The van der Waals surface area contributed by atoms with Crippen LogP contribution >= 0.6 is 0 Å². The largest absolute Gasteiger partial charge is 0.339 e. The van der Waals surface area contributed by atoms with Gasteiger partial charge in [-0.2, -0.15) is 0 Å². The SMILES string of the molecule is [CH2]CC1CCN(C(=O)C=Cc2ccccc2)CC1. The van der Waals surface area contributed by atoms with E-state index in [1.54, 1.807) is 6.08 Å². The van der Waals surface area contributed by atoms with E-state index in [0.717, 1.165) is 37.9 Å². The summed E-state index contributed by atoms with van der Waals surface area (Å²) in [5, 5.41) is 0. The molecule has 1 aromatic carbocycles. The van der Waals surface area contributed by atoms with E-state index < -0.39 is 0 Å². The Morgan fingerprint density at radius 1 is 1.28 bits per heavy atom. The molecule has 1 fully saturated rings. The summed E-state index contributed by atoms with van der Waals surface area (Å²) >= 11 is 0. The van der Waals surface area contributed by atoms with Crippen molar-refractivity contribution in [1.82, 2.24) is 4.90 Å². The number of nitrogens with zero attached hydrogens (tertiary/aromatic N) is 1. The van der Waals surface area contributed by atoms with Crippen LogP contribution in [0.5, 0.6) is 0 Å². The lowest BCUT2D eigenvalue weighted by molar-refractivity contribution is -0.127. The molecule has 2 rings (SSSR count). The van der Waals surface area contributed by atoms with Gasteiger partial charge in [0.25, 0.3) is 0 Å². The number of hydrogen-bond donors (Lipinski definition) is 0. The maximum absolute atomic E-state index is 12.0. The standard InChI is InChI=1S/C16H20NO/c1-2-14-10-12-17(13-11-14)16(18)9-8-15-6-4-3-5-7-15/h3-9,14H,1-2,10-13H2. The number of amides is 1. The van der Waals surface area contributed by atoms with Gasteiger partial charge in [-0.3, -0.25) is 4.79 Å². The topological polar surface area (TPSA) is 20.3 Å². The van der Waals surface area contributed by atoms with Gasteiger partial charge in [-0.05, 0) is 30.4 Å². The summed E-state index contributed by atoms with van der Waals surface area (Å²) in [6.45, 7) is 5.68. The fraction of sp³-hybridized carbons (Fsp3) is 0.375. The predicted molar refractivity (Wildman–Crippen MR) is 74.8 cm³/mol. The number of carbonyl (C=O) groups excluding carboxylic acids is 1. The van der Waals surface area contributed by atoms with Crippen LogP contribution in [-0.2, 0) is 4.79 Å². The van der Waals surface area contributed by atoms with E-state index in [4.69, 9.17) is 0 Å². The Kier molecular flexibility index (Phi) is 4.57. The van der Waals surface area contributed by atoms with E-state index in [1.807, 2.05) is 41.3 Å². The van der Waals surface area contributed by atoms with Crippen LogP contribution in [0.2, 0.25) is 0 Å². The van der Waals surface area contributed by atoms with E-state index in [2.05, 4.69) is 6.92 Å². The lowest BCUT2D eigenvalue weighted by Crippen LogP contribution is -2.37. The van der Waals surface area contributed by atoms with Crippen molar-refractivity contribution >= 4 is 12.0 Å². The second-order valence-corrected chi connectivity index (χ2v) is 4.80. The molecule has 1 aromatic rings. The second kappa shape index (κ2) is 6.39. The zero-order valence-corrected chi connectivity index (χ0v) is 10.7. The molecule has 0 aromatic heterocycles. The lowest BCUT2D eigenvalue weighted by Gasteiger charge is -2.30. The quantitative estimate of drug-likeness (QED) is 0.746. The maximum Gasteiger partial charge on any atom is 0.246 e. The first-order valence-corrected chi connectivity index (χ1v) is 6.61. The summed E-state index contributed by atoms with van der Waals surface area (Å²) in [5.74, 6) is 0.827. The zero-order valence-electron chi connectivity index (χ0n) is 10.7. The smallest absolute Gasteiger partial charge is 0.246 e. The summed E-state index contributed by atoms with van der Waals surface area (Å²) in [4.78, 5) is 13.9. The van der Waals surface area contributed by atoms with Crippen LogP contribution in [0.1, 0.15) is 24.8 Å². The summed E-state index contributed by atoms with van der Waals surface area (Å²) in [6.07, 6.45) is 6.74. The Morgan fingerprint density at radius 2 is 1.94 bits per heavy atom. The fourth-order valence-electron chi connectivity index (χ4n) is 2.28. The molecule has 0 saturated carbocycles. The van der Waals surface area contributed by atoms with Crippen LogP contribution in [0.4, 0.5) is 0 Å². The minimum absolute atomic E-state index is 0.126. The Morgan fingerprint density at radius 3 is 2.56 bits per heavy atom. The Hall–Kier alpha value is -1.57. The Bertz CT molecular complexity index is 402. The van der Waals surface area contributed by atoms with Crippen molar-refractivity contribution in [3.05, 3.63) is 48.9 Å². The molecule has 0 spiro atoms. The van der Waals surface area contributed by atoms with E-state index in [9.17, 15) is 4.79 Å². The molecule has 0 bridgehead atoms. The molecule has 2 nitrogen and oxygen atoms in total. The van der Waals surface area contributed by atoms with Gasteiger partial charge in [0.15, 0.2) is 0 Å². The molecule has 1 saturated heterocycles. The number of hydrogen-bond acceptors (Lipinski definition) is 1. The molecule has 0 atom stereocenters. The second-order valence-electron chi connectivity index (χ2n) is 4.80. The highest BCUT2D eigenvalue weighted by molar-refractivity contribution is 5.91. The first-order valence-electron chi connectivity index (χ1n) is 6.61. The molecule has 1 aliphatic heterocycles. The van der Waals surface area contributed by atoms with E-state index in [-0.39, 0.29) is 5.91 Å². The first kappa shape index (κ1) is 12.9. The molecule has 1 heterocycles. The molecule has 0 aliphatic carbocycles. The third-order valence-electron chi connectivity index (χ3n) is 3.55. The summed E-state index contributed by atoms with van der Waals surface area (Å²) in [7, 11) is 0. The van der Waals surface area contributed by atoms with Gasteiger partial charge in [0.05, 0.1) is 0 Å². The predicted octanol–water partition coefficient (Wildman–Crippen LogP) is 3.16. The van der Waals surface area contributed by atoms with E-state index in [0.29, 0.717) is 5.92 Å². The third-order valence-corrected chi connectivity index (χ3v) is 3.55. The zero-order chi connectivity index (χ0) is 12.8. The van der Waals surface area contributed by atoms with Crippen molar-refractivity contribution < 1.29 is 4.79 Å². The van der Waals surface area contributed by atoms with Crippen molar-refractivity contribution in [3.63, 3.8) is 0 Å². The first-order chi connectivity index (χ1) is 8.79. The summed E-state index contributed by atoms with van der Waals surface area (Å²) in [5.41, 5.74) is 1.07. The Balaban J connectivity index is 1.87. The minimum atomic E-state index is 0.126. The average Bonchev–Trinajstić information content (AvgIpc) is 2.46. The number of rotatable bonds is 3. The van der Waals surface area contributed by atoms with Crippen LogP contribution in [0.3, 0.4) is 0 Å².